The number of oxazole rings is 1. The first kappa shape index (κ1) is 17.8. The van der Waals surface area contributed by atoms with Gasteiger partial charge in [-0.3, -0.25) is 14.6 Å². The molecule has 0 spiro atoms. The standard InChI is InChI=1S/C22H22N4O3/c1-23-22(28)20-21(29-12-24-20)19-14-10-17(19)26(11-14)18(27)9-8-15-7-6-13-4-2-3-5-16(13)25-15/h2-7,12,14,17,19H,8-11H2,1H3,(H,23,28). The Hall–Kier alpha value is -3.22. The van der Waals surface area contributed by atoms with Crippen LogP contribution in [0.4, 0.5) is 0 Å². The fourth-order valence-electron chi connectivity index (χ4n) is 4.70. The molecule has 1 aliphatic carbocycles. The normalized spacial score (nSPS) is 22.5. The van der Waals surface area contributed by atoms with Crippen LogP contribution in [0, 0.1) is 5.92 Å². The summed E-state index contributed by atoms with van der Waals surface area (Å²) in [7, 11) is 1.58. The van der Waals surface area contributed by atoms with E-state index in [0.717, 1.165) is 23.0 Å². The number of amides is 2. The molecule has 2 amide bonds. The summed E-state index contributed by atoms with van der Waals surface area (Å²) in [5.41, 5.74) is 2.21. The molecule has 3 fully saturated rings. The SMILES string of the molecule is CNC(=O)c1ncoc1C1C2CC1N(C(=O)CCc1ccc3ccccc3n1)C2. The lowest BCUT2D eigenvalue weighted by Crippen LogP contribution is -2.40. The summed E-state index contributed by atoms with van der Waals surface area (Å²) in [6, 6.07) is 12.1. The Morgan fingerprint density at radius 2 is 2.10 bits per heavy atom. The van der Waals surface area contributed by atoms with Crippen molar-refractivity contribution in [3.05, 3.63) is 59.9 Å². The molecule has 7 nitrogen and oxygen atoms in total. The number of para-hydroxylation sites is 1. The van der Waals surface area contributed by atoms with E-state index in [-0.39, 0.29) is 23.8 Å². The Morgan fingerprint density at radius 3 is 2.97 bits per heavy atom. The van der Waals surface area contributed by atoms with E-state index in [9.17, 15) is 9.59 Å². The average Bonchev–Trinajstić information content (AvgIpc) is 3.46. The summed E-state index contributed by atoms with van der Waals surface area (Å²) < 4.78 is 5.55. The maximum atomic E-state index is 12.9. The minimum atomic E-state index is -0.250. The second-order valence-corrected chi connectivity index (χ2v) is 7.77. The number of benzene rings is 1. The summed E-state index contributed by atoms with van der Waals surface area (Å²) in [6.07, 6.45) is 3.32. The molecule has 1 saturated carbocycles. The number of aromatic nitrogens is 2. The molecule has 2 aromatic heterocycles. The molecule has 2 bridgehead atoms. The van der Waals surface area contributed by atoms with E-state index in [2.05, 4.69) is 21.4 Å². The van der Waals surface area contributed by atoms with E-state index in [1.807, 2.05) is 35.2 Å². The molecule has 3 atom stereocenters. The van der Waals surface area contributed by atoms with Gasteiger partial charge in [-0.25, -0.2) is 4.98 Å². The van der Waals surface area contributed by atoms with Crippen LogP contribution in [0.2, 0.25) is 0 Å². The minimum absolute atomic E-state index is 0.0625. The quantitative estimate of drug-likeness (QED) is 0.723. The Bertz CT molecular complexity index is 1090. The van der Waals surface area contributed by atoms with E-state index in [1.165, 1.54) is 6.39 Å². The molecule has 2 saturated heterocycles. The second-order valence-electron chi connectivity index (χ2n) is 7.77. The van der Waals surface area contributed by atoms with Crippen LogP contribution in [0.3, 0.4) is 0 Å². The lowest BCUT2D eigenvalue weighted by atomic mass is 9.72. The first-order chi connectivity index (χ1) is 14.2. The van der Waals surface area contributed by atoms with Crippen molar-refractivity contribution in [1.82, 2.24) is 20.2 Å². The van der Waals surface area contributed by atoms with Gasteiger partial charge >= 0.3 is 0 Å². The summed E-state index contributed by atoms with van der Waals surface area (Å²) in [6.45, 7) is 0.715. The Balaban J connectivity index is 1.26. The van der Waals surface area contributed by atoms with Crippen LogP contribution in [0.5, 0.6) is 0 Å². The van der Waals surface area contributed by atoms with E-state index < -0.39 is 0 Å². The molecule has 4 heterocycles. The van der Waals surface area contributed by atoms with Gasteiger partial charge in [0.1, 0.15) is 5.76 Å². The van der Waals surface area contributed by atoms with Gasteiger partial charge in [0, 0.05) is 43.1 Å². The zero-order valence-corrected chi connectivity index (χ0v) is 16.2. The van der Waals surface area contributed by atoms with Gasteiger partial charge in [0.15, 0.2) is 12.1 Å². The van der Waals surface area contributed by atoms with Gasteiger partial charge in [-0.2, -0.15) is 0 Å². The van der Waals surface area contributed by atoms with Crippen LogP contribution in [0.25, 0.3) is 10.9 Å². The summed E-state index contributed by atoms with van der Waals surface area (Å²) in [4.78, 5) is 35.6. The molecule has 7 heteroatoms. The van der Waals surface area contributed by atoms with Crippen molar-refractivity contribution in [1.29, 1.82) is 0 Å². The Kier molecular flexibility index (Phi) is 4.30. The van der Waals surface area contributed by atoms with Crippen molar-refractivity contribution in [3.63, 3.8) is 0 Å². The molecule has 3 aliphatic rings. The van der Waals surface area contributed by atoms with Gasteiger partial charge in [0.2, 0.25) is 5.91 Å². The van der Waals surface area contributed by atoms with Crippen LogP contribution < -0.4 is 5.32 Å². The summed E-state index contributed by atoms with van der Waals surface area (Å²) in [5, 5.41) is 3.70. The van der Waals surface area contributed by atoms with Crippen LogP contribution >= 0.6 is 0 Å². The first-order valence-corrected chi connectivity index (χ1v) is 9.95. The molecular weight excluding hydrogens is 368 g/mol. The van der Waals surface area contributed by atoms with Gasteiger partial charge in [-0.1, -0.05) is 24.3 Å². The number of nitrogens with zero attached hydrogens (tertiary/aromatic N) is 3. The van der Waals surface area contributed by atoms with Crippen molar-refractivity contribution in [2.75, 3.05) is 13.6 Å². The fraction of sp³-hybridized carbons (Fsp3) is 0.364. The molecule has 1 aromatic carbocycles. The maximum Gasteiger partial charge on any atom is 0.273 e. The van der Waals surface area contributed by atoms with Gasteiger partial charge in [-0.05, 0) is 30.9 Å². The third-order valence-corrected chi connectivity index (χ3v) is 6.21. The highest BCUT2D eigenvalue weighted by Crippen LogP contribution is 2.53. The van der Waals surface area contributed by atoms with E-state index in [1.54, 1.807) is 7.05 Å². The van der Waals surface area contributed by atoms with Gasteiger partial charge < -0.3 is 14.6 Å². The highest BCUT2D eigenvalue weighted by Gasteiger charge is 2.56. The number of carbonyl (C=O) groups excluding carboxylic acids is 2. The van der Waals surface area contributed by atoms with Crippen molar-refractivity contribution >= 4 is 22.7 Å². The number of nitrogens with one attached hydrogen (secondary N) is 1. The number of carbonyl (C=O) groups is 2. The third-order valence-electron chi connectivity index (χ3n) is 6.21. The summed E-state index contributed by atoms with van der Waals surface area (Å²) >= 11 is 0. The first-order valence-electron chi connectivity index (χ1n) is 9.95. The molecule has 2 aliphatic heterocycles. The highest BCUT2D eigenvalue weighted by molar-refractivity contribution is 5.93. The van der Waals surface area contributed by atoms with Crippen LogP contribution in [0.15, 0.2) is 47.2 Å². The van der Waals surface area contributed by atoms with Gasteiger partial charge in [0.05, 0.1) is 5.52 Å². The number of rotatable bonds is 5. The lowest BCUT2D eigenvalue weighted by molar-refractivity contribution is -0.131. The maximum absolute atomic E-state index is 12.9. The largest absolute Gasteiger partial charge is 0.447 e. The van der Waals surface area contributed by atoms with Crippen LogP contribution in [-0.2, 0) is 11.2 Å². The Labute approximate surface area is 168 Å². The van der Waals surface area contributed by atoms with Crippen molar-refractivity contribution in [3.8, 4) is 0 Å². The van der Waals surface area contributed by atoms with Crippen LogP contribution in [-0.4, -0.2) is 46.3 Å². The number of hydrogen-bond donors (Lipinski definition) is 1. The van der Waals surface area contributed by atoms with Crippen LogP contribution in [0.1, 0.15) is 40.7 Å². The molecule has 29 heavy (non-hydrogen) atoms. The van der Waals surface area contributed by atoms with E-state index >= 15 is 0 Å². The summed E-state index contributed by atoms with van der Waals surface area (Å²) in [5.74, 6) is 0.889. The smallest absolute Gasteiger partial charge is 0.273 e. The zero-order chi connectivity index (χ0) is 20.0. The highest BCUT2D eigenvalue weighted by atomic mass is 16.3. The molecule has 3 unspecified atom stereocenters. The monoisotopic (exact) mass is 390 g/mol. The predicted molar refractivity (Wildman–Crippen MR) is 106 cm³/mol. The van der Waals surface area contributed by atoms with Crippen molar-refractivity contribution < 1.29 is 14.0 Å². The number of pyridine rings is 1. The molecule has 148 valence electrons. The third kappa shape index (κ3) is 2.97. The van der Waals surface area contributed by atoms with Crippen molar-refractivity contribution in [2.24, 2.45) is 5.92 Å². The van der Waals surface area contributed by atoms with E-state index in [0.29, 0.717) is 36.8 Å². The van der Waals surface area contributed by atoms with E-state index in [4.69, 9.17) is 4.42 Å². The molecule has 3 aromatic rings. The Morgan fingerprint density at radius 1 is 1.24 bits per heavy atom. The zero-order valence-electron chi connectivity index (χ0n) is 16.2. The number of aryl methyl sites for hydroxylation is 1. The predicted octanol–water partition coefficient (Wildman–Crippen LogP) is 2.53. The molecular formula is C22H22N4O3. The number of hydrogen-bond acceptors (Lipinski definition) is 5. The van der Waals surface area contributed by atoms with Gasteiger partial charge in [0.25, 0.3) is 5.91 Å². The average molecular weight is 390 g/mol. The topological polar surface area (TPSA) is 88.3 Å². The molecule has 6 rings (SSSR count). The molecule has 1 N–H and O–H groups in total. The molecule has 0 radical (unpaired) electrons. The number of fused-ring (bicyclic) bond motifs is 2. The second kappa shape index (κ2) is 6.99. The van der Waals surface area contributed by atoms with Gasteiger partial charge in [-0.15, -0.1) is 0 Å². The lowest BCUT2D eigenvalue weighted by Gasteiger charge is -2.35. The minimum Gasteiger partial charge on any atom is -0.447 e. The van der Waals surface area contributed by atoms with Crippen molar-refractivity contribution in [2.45, 2.75) is 31.2 Å². The fourth-order valence-corrected chi connectivity index (χ4v) is 4.70.